The van der Waals surface area contributed by atoms with Crippen LogP contribution < -0.4 is 10.1 Å². The van der Waals surface area contributed by atoms with Gasteiger partial charge in [0.05, 0.1) is 12.7 Å². The molecule has 3 amide bonds. The van der Waals surface area contributed by atoms with Crippen molar-refractivity contribution in [3.63, 3.8) is 0 Å². The van der Waals surface area contributed by atoms with E-state index in [1.165, 1.54) is 0 Å². The zero-order chi connectivity index (χ0) is 19.1. The van der Waals surface area contributed by atoms with Gasteiger partial charge >= 0.3 is 6.03 Å². The van der Waals surface area contributed by atoms with Gasteiger partial charge in [0.25, 0.3) is 5.91 Å². The van der Waals surface area contributed by atoms with Gasteiger partial charge in [-0.2, -0.15) is 0 Å². The average molecular weight is 361 g/mol. The first-order valence-corrected chi connectivity index (χ1v) is 9.47. The lowest BCUT2D eigenvalue weighted by Gasteiger charge is -2.23. The van der Waals surface area contributed by atoms with Crippen LogP contribution in [0.25, 0.3) is 0 Å². The third kappa shape index (κ3) is 4.90. The van der Waals surface area contributed by atoms with Crippen molar-refractivity contribution in [3.8, 4) is 5.75 Å². The average Bonchev–Trinajstić information content (AvgIpc) is 2.91. The lowest BCUT2D eigenvalue weighted by molar-refractivity contribution is 0.0758. The Kier molecular flexibility index (Phi) is 7.30. The highest BCUT2D eigenvalue weighted by Gasteiger charge is 2.25. The molecular weight excluding hydrogens is 330 g/mol. The second-order valence-corrected chi connectivity index (χ2v) is 6.98. The standard InChI is InChI=1S/C20H31N3O3/c1-5-9-21-20(25)23-11-6-10-22(12-13-23)19(24)17-14-16(15(2)3)7-8-18(17)26-4/h7-8,14-15H,5-6,9-13H2,1-4H3,(H,21,25). The van der Waals surface area contributed by atoms with Crippen molar-refractivity contribution in [1.82, 2.24) is 15.1 Å². The number of methoxy groups -OCH3 is 1. The summed E-state index contributed by atoms with van der Waals surface area (Å²) in [5.41, 5.74) is 1.71. The Morgan fingerprint density at radius 2 is 1.85 bits per heavy atom. The summed E-state index contributed by atoms with van der Waals surface area (Å²) in [6.07, 6.45) is 1.69. The van der Waals surface area contributed by atoms with Crippen LogP contribution in [-0.4, -0.2) is 61.6 Å². The lowest BCUT2D eigenvalue weighted by atomic mass is 9.99. The number of hydrogen-bond acceptors (Lipinski definition) is 3. The molecule has 0 aliphatic carbocycles. The second kappa shape index (κ2) is 9.46. The number of rotatable bonds is 5. The molecule has 0 aromatic heterocycles. The molecule has 0 saturated carbocycles. The van der Waals surface area contributed by atoms with Crippen LogP contribution in [0.3, 0.4) is 0 Å². The molecule has 1 aromatic carbocycles. The summed E-state index contributed by atoms with van der Waals surface area (Å²) in [6, 6.07) is 5.76. The van der Waals surface area contributed by atoms with E-state index in [0.29, 0.717) is 50.0 Å². The lowest BCUT2D eigenvalue weighted by Crippen LogP contribution is -2.42. The molecule has 1 aromatic rings. The van der Waals surface area contributed by atoms with Gasteiger partial charge in [0.1, 0.15) is 5.75 Å². The SMILES string of the molecule is CCCNC(=O)N1CCCN(C(=O)c2cc(C(C)C)ccc2OC)CC1. The van der Waals surface area contributed by atoms with Gasteiger partial charge in [-0.1, -0.05) is 26.8 Å². The first-order chi connectivity index (χ1) is 12.5. The minimum absolute atomic E-state index is 0.0276. The number of hydrogen-bond donors (Lipinski definition) is 1. The van der Waals surface area contributed by atoms with E-state index in [0.717, 1.165) is 18.4 Å². The largest absolute Gasteiger partial charge is 0.496 e. The van der Waals surface area contributed by atoms with Crippen molar-refractivity contribution < 1.29 is 14.3 Å². The van der Waals surface area contributed by atoms with Crippen molar-refractivity contribution in [2.24, 2.45) is 0 Å². The molecule has 6 nitrogen and oxygen atoms in total. The summed E-state index contributed by atoms with van der Waals surface area (Å²) in [5, 5.41) is 2.91. The third-order valence-electron chi connectivity index (χ3n) is 4.72. The van der Waals surface area contributed by atoms with E-state index in [9.17, 15) is 9.59 Å². The highest BCUT2D eigenvalue weighted by Crippen LogP contribution is 2.25. The molecule has 26 heavy (non-hydrogen) atoms. The van der Waals surface area contributed by atoms with Crippen LogP contribution in [0.5, 0.6) is 5.75 Å². The molecule has 2 rings (SSSR count). The summed E-state index contributed by atoms with van der Waals surface area (Å²) in [4.78, 5) is 28.9. The van der Waals surface area contributed by atoms with Gasteiger partial charge in [0.15, 0.2) is 0 Å². The van der Waals surface area contributed by atoms with Gasteiger partial charge < -0.3 is 19.9 Å². The Balaban J connectivity index is 2.10. The molecular formula is C20H31N3O3. The maximum absolute atomic E-state index is 13.1. The molecule has 1 heterocycles. The van der Waals surface area contributed by atoms with Gasteiger partial charge in [-0.05, 0) is 36.5 Å². The fourth-order valence-electron chi connectivity index (χ4n) is 3.09. The molecule has 1 aliphatic rings. The number of urea groups is 1. The molecule has 0 bridgehead atoms. The van der Waals surface area contributed by atoms with Crippen LogP contribution in [0, 0.1) is 0 Å². The Morgan fingerprint density at radius 3 is 2.50 bits per heavy atom. The van der Waals surface area contributed by atoms with Crippen LogP contribution in [0.15, 0.2) is 18.2 Å². The normalized spacial score (nSPS) is 15.0. The van der Waals surface area contributed by atoms with E-state index in [1.54, 1.807) is 12.0 Å². The Hall–Kier alpha value is -2.24. The van der Waals surface area contributed by atoms with Crippen LogP contribution >= 0.6 is 0 Å². The quantitative estimate of drug-likeness (QED) is 0.877. The van der Waals surface area contributed by atoms with E-state index < -0.39 is 0 Å². The summed E-state index contributed by atoms with van der Waals surface area (Å²) in [6.45, 7) is 9.32. The van der Waals surface area contributed by atoms with Crippen molar-refractivity contribution >= 4 is 11.9 Å². The summed E-state index contributed by atoms with van der Waals surface area (Å²) in [7, 11) is 1.59. The van der Waals surface area contributed by atoms with E-state index >= 15 is 0 Å². The summed E-state index contributed by atoms with van der Waals surface area (Å²) >= 11 is 0. The van der Waals surface area contributed by atoms with Crippen LogP contribution in [0.4, 0.5) is 4.79 Å². The zero-order valence-corrected chi connectivity index (χ0v) is 16.4. The number of ether oxygens (including phenoxy) is 1. The number of nitrogens with one attached hydrogen (secondary N) is 1. The van der Waals surface area contributed by atoms with Crippen LogP contribution in [-0.2, 0) is 0 Å². The Labute approximate surface area is 156 Å². The highest BCUT2D eigenvalue weighted by molar-refractivity contribution is 5.97. The summed E-state index contributed by atoms with van der Waals surface area (Å²) in [5.74, 6) is 0.913. The molecule has 1 saturated heterocycles. The number of carbonyl (C=O) groups excluding carboxylic acids is 2. The van der Waals surface area contributed by atoms with Crippen molar-refractivity contribution in [1.29, 1.82) is 0 Å². The van der Waals surface area contributed by atoms with Gasteiger partial charge in [0.2, 0.25) is 0 Å². The molecule has 1 aliphatic heterocycles. The minimum atomic E-state index is -0.0412. The topological polar surface area (TPSA) is 61.9 Å². The molecule has 0 spiro atoms. The molecule has 1 N–H and O–H groups in total. The number of benzene rings is 1. The molecule has 1 fully saturated rings. The van der Waals surface area contributed by atoms with Gasteiger partial charge in [0, 0.05) is 32.7 Å². The van der Waals surface area contributed by atoms with Crippen LogP contribution in [0.1, 0.15) is 55.5 Å². The number of nitrogens with zero attached hydrogens (tertiary/aromatic N) is 2. The van der Waals surface area contributed by atoms with Crippen LogP contribution in [0.2, 0.25) is 0 Å². The fraction of sp³-hybridized carbons (Fsp3) is 0.600. The Bertz CT molecular complexity index is 631. The van der Waals surface area contributed by atoms with E-state index in [4.69, 9.17) is 4.74 Å². The smallest absolute Gasteiger partial charge is 0.317 e. The maximum atomic E-state index is 13.1. The zero-order valence-electron chi connectivity index (χ0n) is 16.4. The monoisotopic (exact) mass is 361 g/mol. The molecule has 6 heteroatoms. The summed E-state index contributed by atoms with van der Waals surface area (Å²) < 4.78 is 5.40. The number of amides is 3. The molecule has 144 valence electrons. The van der Waals surface area contributed by atoms with E-state index in [1.807, 2.05) is 30.0 Å². The fourth-order valence-corrected chi connectivity index (χ4v) is 3.09. The third-order valence-corrected chi connectivity index (χ3v) is 4.72. The minimum Gasteiger partial charge on any atom is -0.496 e. The van der Waals surface area contributed by atoms with Gasteiger partial charge in [-0.3, -0.25) is 4.79 Å². The first-order valence-electron chi connectivity index (χ1n) is 9.47. The predicted molar refractivity (Wildman–Crippen MR) is 103 cm³/mol. The van der Waals surface area contributed by atoms with Crippen molar-refractivity contribution in [3.05, 3.63) is 29.3 Å². The first kappa shape index (κ1) is 20.1. The van der Waals surface area contributed by atoms with Crippen molar-refractivity contribution in [2.75, 3.05) is 39.8 Å². The van der Waals surface area contributed by atoms with Crippen molar-refractivity contribution in [2.45, 2.75) is 39.5 Å². The Morgan fingerprint density at radius 1 is 1.15 bits per heavy atom. The molecule has 0 unspecified atom stereocenters. The van der Waals surface area contributed by atoms with Gasteiger partial charge in [-0.15, -0.1) is 0 Å². The number of carbonyl (C=O) groups is 2. The van der Waals surface area contributed by atoms with Gasteiger partial charge in [-0.25, -0.2) is 4.79 Å². The van der Waals surface area contributed by atoms with E-state index in [2.05, 4.69) is 19.2 Å². The predicted octanol–water partition coefficient (Wildman–Crippen LogP) is 3.09. The highest BCUT2D eigenvalue weighted by atomic mass is 16.5. The maximum Gasteiger partial charge on any atom is 0.317 e. The van der Waals surface area contributed by atoms with E-state index in [-0.39, 0.29) is 11.9 Å². The second-order valence-electron chi connectivity index (χ2n) is 6.98. The molecule has 0 radical (unpaired) electrons. The molecule has 0 atom stereocenters.